The molecule has 0 aliphatic heterocycles. The van der Waals surface area contributed by atoms with Gasteiger partial charge < -0.3 is 11.1 Å². The third-order valence-electron chi connectivity index (χ3n) is 5.30. The quantitative estimate of drug-likeness (QED) is 0.307. The SMILES string of the molecule is CCCCCCCNC(=O)c1c(N)n(N=Cc2ccncc2)c2nc3ccccc3nc12. The Kier molecular flexibility index (Phi) is 6.69. The van der Waals surface area contributed by atoms with Gasteiger partial charge in [-0.1, -0.05) is 44.7 Å². The van der Waals surface area contributed by atoms with Gasteiger partial charge in [-0.05, 0) is 36.2 Å². The average molecular weight is 430 g/mol. The van der Waals surface area contributed by atoms with E-state index >= 15 is 0 Å². The molecule has 4 aromatic rings. The van der Waals surface area contributed by atoms with Crippen molar-refractivity contribution >= 4 is 40.1 Å². The molecule has 0 atom stereocenters. The van der Waals surface area contributed by atoms with E-state index in [9.17, 15) is 4.79 Å². The summed E-state index contributed by atoms with van der Waals surface area (Å²) in [5.74, 6) is -0.0467. The number of pyridine rings is 1. The number of rotatable bonds is 9. The highest BCUT2D eigenvalue weighted by Gasteiger charge is 2.23. The molecule has 3 heterocycles. The number of unbranched alkanes of at least 4 members (excludes halogenated alkanes) is 4. The first kappa shape index (κ1) is 21.4. The normalized spacial score (nSPS) is 11.5. The van der Waals surface area contributed by atoms with E-state index in [-0.39, 0.29) is 11.7 Å². The van der Waals surface area contributed by atoms with Gasteiger partial charge >= 0.3 is 0 Å². The number of nitrogen functional groups attached to an aromatic ring is 1. The molecule has 8 heteroatoms. The zero-order chi connectivity index (χ0) is 22.3. The molecular formula is C24H27N7O. The smallest absolute Gasteiger partial charge is 0.257 e. The van der Waals surface area contributed by atoms with Gasteiger partial charge in [0.05, 0.1) is 17.2 Å². The lowest BCUT2D eigenvalue weighted by Crippen LogP contribution is -2.25. The van der Waals surface area contributed by atoms with Crippen molar-refractivity contribution in [3.05, 3.63) is 59.9 Å². The Hall–Kier alpha value is -3.81. The van der Waals surface area contributed by atoms with Crippen molar-refractivity contribution in [2.75, 3.05) is 12.3 Å². The molecule has 1 aromatic carbocycles. The number of para-hydroxylation sites is 2. The van der Waals surface area contributed by atoms with Gasteiger partial charge in [0, 0.05) is 18.9 Å². The Morgan fingerprint density at radius 3 is 2.53 bits per heavy atom. The molecule has 164 valence electrons. The van der Waals surface area contributed by atoms with Crippen LogP contribution in [-0.2, 0) is 0 Å². The van der Waals surface area contributed by atoms with Gasteiger partial charge in [-0.3, -0.25) is 9.78 Å². The summed E-state index contributed by atoms with van der Waals surface area (Å²) in [5, 5.41) is 7.48. The first-order valence-corrected chi connectivity index (χ1v) is 11.0. The number of aromatic nitrogens is 4. The van der Waals surface area contributed by atoms with E-state index in [1.54, 1.807) is 18.6 Å². The Labute approximate surface area is 186 Å². The van der Waals surface area contributed by atoms with E-state index in [0.29, 0.717) is 34.3 Å². The maximum absolute atomic E-state index is 13.1. The highest BCUT2D eigenvalue weighted by Crippen LogP contribution is 2.27. The summed E-state index contributed by atoms with van der Waals surface area (Å²) in [5.41, 5.74) is 9.86. The highest BCUT2D eigenvalue weighted by atomic mass is 16.1. The zero-order valence-electron chi connectivity index (χ0n) is 18.2. The van der Waals surface area contributed by atoms with Crippen LogP contribution in [0.4, 0.5) is 5.82 Å². The fraction of sp³-hybridized carbons (Fsp3) is 0.292. The van der Waals surface area contributed by atoms with Crippen LogP contribution >= 0.6 is 0 Å². The summed E-state index contributed by atoms with van der Waals surface area (Å²) >= 11 is 0. The van der Waals surface area contributed by atoms with Crippen molar-refractivity contribution in [1.82, 2.24) is 24.9 Å². The Morgan fingerprint density at radius 2 is 1.78 bits per heavy atom. The van der Waals surface area contributed by atoms with Crippen LogP contribution < -0.4 is 11.1 Å². The monoisotopic (exact) mass is 429 g/mol. The van der Waals surface area contributed by atoms with E-state index in [1.807, 2.05) is 36.4 Å². The summed E-state index contributed by atoms with van der Waals surface area (Å²) in [7, 11) is 0. The van der Waals surface area contributed by atoms with E-state index in [2.05, 4.69) is 22.3 Å². The maximum atomic E-state index is 13.1. The van der Waals surface area contributed by atoms with Gasteiger partial charge in [0.1, 0.15) is 16.9 Å². The molecule has 0 unspecified atom stereocenters. The number of nitrogens with one attached hydrogen (secondary N) is 1. The van der Waals surface area contributed by atoms with Crippen molar-refractivity contribution in [1.29, 1.82) is 0 Å². The second-order valence-corrected chi connectivity index (χ2v) is 7.65. The van der Waals surface area contributed by atoms with Crippen LogP contribution in [0.25, 0.3) is 22.2 Å². The number of fused-ring (bicyclic) bond motifs is 2. The van der Waals surface area contributed by atoms with Crippen LogP contribution in [0.2, 0.25) is 0 Å². The van der Waals surface area contributed by atoms with Crippen molar-refractivity contribution in [3.8, 4) is 0 Å². The number of hydrogen-bond acceptors (Lipinski definition) is 6. The van der Waals surface area contributed by atoms with Gasteiger partial charge in [0.15, 0.2) is 5.65 Å². The Morgan fingerprint density at radius 1 is 1.06 bits per heavy atom. The molecule has 0 saturated carbocycles. The number of anilines is 1. The second-order valence-electron chi connectivity index (χ2n) is 7.65. The zero-order valence-corrected chi connectivity index (χ0v) is 18.2. The Bertz CT molecular complexity index is 1250. The van der Waals surface area contributed by atoms with E-state index in [4.69, 9.17) is 15.7 Å². The number of amides is 1. The molecule has 0 fully saturated rings. The molecule has 8 nitrogen and oxygen atoms in total. The molecule has 0 saturated heterocycles. The molecular weight excluding hydrogens is 402 g/mol. The maximum Gasteiger partial charge on any atom is 0.257 e. The van der Waals surface area contributed by atoms with Gasteiger partial charge in [0.2, 0.25) is 0 Å². The van der Waals surface area contributed by atoms with Gasteiger partial charge in [-0.25, -0.2) is 9.97 Å². The molecule has 32 heavy (non-hydrogen) atoms. The van der Waals surface area contributed by atoms with Crippen LogP contribution in [0.5, 0.6) is 0 Å². The standard InChI is InChI=1S/C24H27N7O/c1-2-3-4-5-8-13-27-24(32)20-21-23(30-19-10-7-6-9-18(19)29-21)31(22(20)25)28-16-17-11-14-26-15-12-17/h6-7,9-12,14-16H,2-5,8,13,25H2,1H3,(H,27,32). The van der Waals surface area contributed by atoms with Crippen LogP contribution in [0, 0.1) is 0 Å². The molecule has 0 aliphatic carbocycles. The first-order valence-electron chi connectivity index (χ1n) is 11.0. The van der Waals surface area contributed by atoms with Crippen molar-refractivity contribution < 1.29 is 4.79 Å². The fourth-order valence-corrected chi connectivity index (χ4v) is 3.58. The summed E-state index contributed by atoms with van der Waals surface area (Å²) in [4.78, 5) is 26.5. The predicted molar refractivity (Wildman–Crippen MR) is 128 cm³/mol. The minimum absolute atomic E-state index is 0.212. The van der Waals surface area contributed by atoms with Crippen molar-refractivity contribution in [3.63, 3.8) is 0 Å². The molecule has 0 spiro atoms. The largest absolute Gasteiger partial charge is 0.383 e. The van der Waals surface area contributed by atoms with Crippen molar-refractivity contribution in [2.24, 2.45) is 5.10 Å². The molecule has 0 radical (unpaired) electrons. The first-order chi connectivity index (χ1) is 15.7. The minimum atomic E-state index is -0.259. The molecule has 1 amide bonds. The highest BCUT2D eigenvalue weighted by molar-refractivity contribution is 6.10. The van der Waals surface area contributed by atoms with Gasteiger partial charge in [0.25, 0.3) is 5.91 Å². The number of nitrogens with zero attached hydrogens (tertiary/aromatic N) is 5. The predicted octanol–water partition coefficient (Wildman–Crippen LogP) is 4.14. The molecule has 3 aromatic heterocycles. The van der Waals surface area contributed by atoms with Crippen LogP contribution in [0.3, 0.4) is 0 Å². The van der Waals surface area contributed by atoms with Crippen LogP contribution in [0.15, 0.2) is 53.9 Å². The molecule has 3 N–H and O–H groups in total. The van der Waals surface area contributed by atoms with Gasteiger partial charge in [-0.2, -0.15) is 9.78 Å². The fourth-order valence-electron chi connectivity index (χ4n) is 3.58. The van der Waals surface area contributed by atoms with E-state index in [0.717, 1.165) is 18.4 Å². The summed E-state index contributed by atoms with van der Waals surface area (Å²) < 4.78 is 1.48. The van der Waals surface area contributed by atoms with Gasteiger partial charge in [-0.15, -0.1) is 0 Å². The number of nitrogens with two attached hydrogens (primary N) is 1. The molecule has 4 rings (SSSR count). The molecule has 0 bridgehead atoms. The number of hydrogen-bond donors (Lipinski definition) is 2. The van der Waals surface area contributed by atoms with Crippen LogP contribution in [0.1, 0.15) is 54.9 Å². The molecule has 0 aliphatic rings. The van der Waals surface area contributed by atoms with Crippen molar-refractivity contribution in [2.45, 2.75) is 39.0 Å². The second kappa shape index (κ2) is 10.00. The topological polar surface area (TPSA) is 111 Å². The minimum Gasteiger partial charge on any atom is -0.383 e. The third kappa shape index (κ3) is 4.59. The average Bonchev–Trinajstić information content (AvgIpc) is 3.09. The van der Waals surface area contributed by atoms with Crippen LogP contribution in [-0.4, -0.2) is 38.3 Å². The number of benzene rings is 1. The van der Waals surface area contributed by atoms with E-state index in [1.165, 1.54) is 23.9 Å². The number of carbonyl (C=O) groups is 1. The number of carbonyl (C=O) groups excluding carboxylic acids is 1. The lowest BCUT2D eigenvalue weighted by Gasteiger charge is -2.05. The summed E-state index contributed by atoms with van der Waals surface area (Å²) in [6.07, 6.45) is 10.6. The summed E-state index contributed by atoms with van der Waals surface area (Å²) in [6.45, 7) is 2.78. The lowest BCUT2D eigenvalue weighted by atomic mass is 10.1. The summed E-state index contributed by atoms with van der Waals surface area (Å²) in [6, 6.07) is 11.2. The third-order valence-corrected chi connectivity index (χ3v) is 5.30. The Balaban J connectivity index is 1.69. The van der Waals surface area contributed by atoms with E-state index < -0.39 is 0 Å². The lowest BCUT2D eigenvalue weighted by molar-refractivity contribution is 0.0955.